The topological polar surface area (TPSA) is 48.1 Å². The van der Waals surface area contributed by atoms with Crippen LogP contribution in [-0.4, -0.2) is 11.5 Å². The van der Waals surface area contributed by atoms with Crippen LogP contribution >= 0.6 is 11.3 Å². The lowest BCUT2D eigenvalue weighted by Gasteiger charge is -2.12. The fraction of sp³-hybridized carbons (Fsp3) is 0.250. The van der Waals surface area contributed by atoms with Crippen LogP contribution in [0.2, 0.25) is 0 Å². The van der Waals surface area contributed by atoms with E-state index in [2.05, 4.69) is 48.3 Å². The van der Waals surface area contributed by atoms with Crippen molar-refractivity contribution in [3.8, 4) is 5.75 Å². The molecule has 1 unspecified atom stereocenters. The molecule has 0 aliphatic heterocycles. The number of aromatic nitrogens is 1. The van der Waals surface area contributed by atoms with Crippen LogP contribution in [0.25, 0.3) is 0 Å². The molecule has 2 N–H and O–H groups in total. The Morgan fingerprint density at radius 3 is 2.38 bits per heavy atom. The van der Waals surface area contributed by atoms with Gasteiger partial charge in [-0.1, -0.05) is 42.0 Å². The number of rotatable bonds is 7. The maximum atomic E-state index is 5.91. The zero-order valence-corrected chi connectivity index (χ0v) is 14.6. The second-order valence-corrected chi connectivity index (χ2v) is 6.85. The molecule has 24 heavy (non-hydrogen) atoms. The summed E-state index contributed by atoms with van der Waals surface area (Å²) in [6.45, 7) is 3.28. The lowest BCUT2D eigenvalue weighted by molar-refractivity contribution is 0.306. The zero-order valence-electron chi connectivity index (χ0n) is 13.8. The molecule has 0 radical (unpaired) electrons. The highest BCUT2D eigenvalue weighted by molar-refractivity contribution is 7.09. The third-order valence-electron chi connectivity index (χ3n) is 4.02. The highest BCUT2D eigenvalue weighted by Gasteiger charge is 2.13. The van der Waals surface area contributed by atoms with Gasteiger partial charge in [-0.2, -0.15) is 0 Å². The molecule has 1 aromatic heterocycles. The summed E-state index contributed by atoms with van der Waals surface area (Å²) < 4.78 is 5.86. The summed E-state index contributed by atoms with van der Waals surface area (Å²) in [4.78, 5) is 4.38. The monoisotopic (exact) mass is 338 g/mol. The highest BCUT2D eigenvalue weighted by atomic mass is 32.1. The largest absolute Gasteiger partial charge is 0.489 e. The molecule has 3 rings (SSSR count). The molecule has 0 saturated carbocycles. The maximum Gasteiger partial charge on any atom is 0.119 e. The molecule has 0 amide bonds. The van der Waals surface area contributed by atoms with Crippen molar-refractivity contribution in [3.63, 3.8) is 0 Å². The number of hydrogen-bond donors (Lipinski definition) is 1. The predicted molar refractivity (Wildman–Crippen MR) is 99.6 cm³/mol. The molecular weight excluding hydrogens is 316 g/mol. The van der Waals surface area contributed by atoms with Crippen molar-refractivity contribution in [1.82, 2.24) is 4.98 Å². The van der Waals surface area contributed by atoms with Crippen LogP contribution < -0.4 is 10.5 Å². The van der Waals surface area contributed by atoms with E-state index in [9.17, 15) is 0 Å². The standard InChI is InChI=1S/C20H22N2OS/c1-15-2-4-17(5-3-15)14-23-19-8-6-16(7-9-19)12-18(13-21)20-22-10-11-24-20/h2-11,18H,12-14,21H2,1H3. The van der Waals surface area contributed by atoms with E-state index in [4.69, 9.17) is 10.5 Å². The van der Waals surface area contributed by atoms with Crippen LogP contribution in [0.5, 0.6) is 5.75 Å². The Morgan fingerprint density at radius 2 is 1.75 bits per heavy atom. The van der Waals surface area contributed by atoms with Gasteiger partial charge >= 0.3 is 0 Å². The molecule has 1 atom stereocenters. The Labute approximate surface area is 147 Å². The van der Waals surface area contributed by atoms with Gasteiger partial charge in [-0.05, 0) is 36.6 Å². The minimum absolute atomic E-state index is 0.282. The van der Waals surface area contributed by atoms with E-state index in [0.717, 1.165) is 17.2 Å². The van der Waals surface area contributed by atoms with E-state index in [1.54, 1.807) is 11.3 Å². The van der Waals surface area contributed by atoms with E-state index in [1.165, 1.54) is 16.7 Å². The van der Waals surface area contributed by atoms with Crippen molar-refractivity contribution in [3.05, 3.63) is 81.8 Å². The van der Waals surface area contributed by atoms with E-state index < -0.39 is 0 Å². The van der Waals surface area contributed by atoms with Gasteiger partial charge < -0.3 is 10.5 Å². The lowest BCUT2D eigenvalue weighted by Crippen LogP contribution is -2.14. The van der Waals surface area contributed by atoms with Crippen molar-refractivity contribution in [2.45, 2.75) is 25.9 Å². The molecule has 1 heterocycles. The number of hydrogen-bond acceptors (Lipinski definition) is 4. The summed E-state index contributed by atoms with van der Waals surface area (Å²) in [6, 6.07) is 16.7. The smallest absolute Gasteiger partial charge is 0.119 e. The Balaban J connectivity index is 1.57. The second kappa shape index (κ2) is 8.08. The Morgan fingerprint density at radius 1 is 1.04 bits per heavy atom. The van der Waals surface area contributed by atoms with Crippen molar-refractivity contribution >= 4 is 11.3 Å². The fourth-order valence-corrected chi connectivity index (χ4v) is 3.32. The number of nitrogens with zero attached hydrogens (tertiary/aromatic N) is 1. The average molecular weight is 338 g/mol. The molecule has 0 fully saturated rings. The Kier molecular flexibility index (Phi) is 5.62. The quantitative estimate of drug-likeness (QED) is 0.698. The van der Waals surface area contributed by atoms with Crippen LogP contribution in [0.3, 0.4) is 0 Å². The van der Waals surface area contributed by atoms with Crippen molar-refractivity contribution < 1.29 is 4.74 Å². The molecule has 3 aromatic rings. The summed E-state index contributed by atoms with van der Waals surface area (Å²) in [5.41, 5.74) is 9.60. The first-order valence-corrected chi connectivity index (χ1v) is 8.99. The van der Waals surface area contributed by atoms with E-state index >= 15 is 0 Å². The predicted octanol–water partition coefficient (Wildman–Crippen LogP) is 4.32. The van der Waals surface area contributed by atoms with Gasteiger partial charge in [0.05, 0.1) is 5.01 Å². The Hall–Kier alpha value is -2.17. The minimum atomic E-state index is 0.282. The van der Waals surface area contributed by atoms with Crippen LogP contribution in [0, 0.1) is 6.92 Å². The molecule has 124 valence electrons. The molecule has 0 saturated heterocycles. The third kappa shape index (κ3) is 4.43. The van der Waals surface area contributed by atoms with E-state index in [0.29, 0.717) is 13.2 Å². The molecule has 0 spiro atoms. The maximum absolute atomic E-state index is 5.91. The van der Waals surface area contributed by atoms with Crippen molar-refractivity contribution in [2.24, 2.45) is 5.73 Å². The third-order valence-corrected chi connectivity index (χ3v) is 4.95. The summed E-state index contributed by atoms with van der Waals surface area (Å²) in [5.74, 6) is 1.17. The summed E-state index contributed by atoms with van der Waals surface area (Å²) in [5, 5.41) is 3.11. The lowest BCUT2D eigenvalue weighted by atomic mass is 10.00. The molecule has 2 aromatic carbocycles. The molecule has 0 aliphatic rings. The number of nitrogens with two attached hydrogens (primary N) is 1. The van der Waals surface area contributed by atoms with Gasteiger partial charge in [-0.25, -0.2) is 4.98 Å². The Bertz CT molecular complexity index is 736. The molecule has 0 aliphatic carbocycles. The van der Waals surface area contributed by atoms with Gasteiger partial charge in [0.2, 0.25) is 0 Å². The van der Waals surface area contributed by atoms with Gasteiger partial charge in [0.1, 0.15) is 12.4 Å². The number of ether oxygens (including phenoxy) is 1. The highest BCUT2D eigenvalue weighted by Crippen LogP contribution is 2.23. The molecule has 3 nitrogen and oxygen atoms in total. The molecular formula is C20H22N2OS. The summed E-state index contributed by atoms with van der Waals surface area (Å²) >= 11 is 1.67. The first-order valence-electron chi connectivity index (χ1n) is 8.11. The van der Waals surface area contributed by atoms with E-state index in [-0.39, 0.29) is 5.92 Å². The minimum Gasteiger partial charge on any atom is -0.489 e. The van der Waals surface area contributed by atoms with Crippen LogP contribution in [-0.2, 0) is 13.0 Å². The number of thiazole rings is 1. The first kappa shape index (κ1) is 16.7. The molecule has 0 bridgehead atoms. The van der Waals surface area contributed by atoms with Crippen LogP contribution in [0.15, 0.2) is 60.1 Å². The van der Waals surface area contributed by atoms with E-state index in [1.807, 2.05) is 23.7 Å². The SMILES string of the molecule is Cc1ccc(COc2ccc(CC(CN)c3nccs3)cc2)cc1. The summed E-state index contributed by atoms with van der Waals surface area (Å²) in [7, 11) is 0. The average Bonchev–Trinajstić information content (AvgIpc) is 3.15. The van der Waals surface area contributed by atoms with Gasteiger partial charge in [-0.15, -0.1) is 11.3 Å². The first-order chi connectivity index (χ1) is 11.7. The van der Waals surface area contributed by atoms with Crippen LogP contribution in [0.1, 0.15) is 27.6 Å². The van der Waals surface area contributed by atoms with Gasteiger partial charge in [0.25, 0.3) is 0 Å². The van der Waals surface area contributed by atoms with Crippen molar-refractivity contribution in [2.75, 3.05) is 6.54 Å². The zero-order chi connectivity index (χ0) is 16.8. The normalized spacial score (nSPS) is 12.1. The number of benzene rings is 2. The summed E-state index contributed by atoms with van der Waals surface area (Å²) in [6.07, 6.45) is 2.74. The van der Waals surface area contributed by atoms with Gasteiger partial charge in [-0.3, -0.25) is 0 Å². The molecule has 4 heteroatoms. The van der Waals surface area contributed by atoms with Gasteiger partial charge in [0.15, 0.2) is 0 Å². The van der Waals surface area contributed by atoms with Gasteiger partial charge in [0, 0.05) is 24.0 Å². The second-order valence-electron chi connectivity index (χ2n) is 5.93. The van der Waals surface area contributed by atoms with Crippen molar-refractivity contribution in [1.29, 1.82) is 0 Å². The van der Waals surface area contributed by atoms with Crippen LogP contribution in [0.4, 0.5) is 0 Å². The number of aryl methyl sites for hydroxylation is 1. The fourth-order valence-electron chi connectivity index (χ4n) is 2.56.